The molecule has 0 bridgehead atoms. The first kappa shape index (κ1) is 11.6. The third-order valence-electron chi connectivity index (χ3n) is 2.60. The highest BCUT2D eigenvalue weighted by atomic mass is 79.9. The third-order valence-corrected chi connectivity index (χ3v) is 3.57. The molecule has 0 radical (unpaired) electrons. The molecule has 1 aliphatic rings. The molecule has 1 fully saturated rings. The SMILES string of the molecule is Cc1[nH]nc(C(=O)N2CCO[C@H](C)C2)c1Br. The molecule has 0 saturated carbocycles. The fourth-order valence-corrected chi connectivity index (χ4v) is 2.06. The fraction of sp³-hybridized carbons (Fsp3) is 0.600. The van der Waals surface area contributed by atoms with Crippen LogP contribution in [0.25, 0.3) is 0 Å². The van der Waals surface area contributed by atoms with Gasteiger partial charge >= 0.3 is 0 Å². The lowest BCUT2D eigenvalue weighted by molar-refractivity contribution is -0.0126. The van der Waals surface area contributed by atoms with Crippen molar-refractivity contribution < 1.29 is 9.53 Å². The molecule has 16 heavy (non-hydrogen) atoms. The highest BCUT2D eigenvalue weighted by molar-refractivity contribution is 9.10. The van der Waals surface area contributed by atoms with Gasteiger partial charge in [0.2, 0.25) is 0 Å². The average molecular weight is 288 g/mol. The van der Waals surface area contributed by atoms with Crippen LogP contribution in [0.3, 0.4) is 0 Å². The minimum absolute atomic E-state index is 0.0497. The Labute approximate surface area is 102 Å². The van der Waals surface area contributed by atoms with Gasteiger partial charge in [-0.1, -0.05) is 0 Å². The molecule has 88 valence electrons. The molecule has 2 rings (SSSR count). The summed E-state index contributed by atoms with van der Waals surface area (Å²) in [5.74, 6) is -0.0497. The number of hydrogen-bond acceptors (Lipinski definition) is 3. The maximum atomic E-state index is 12.1. The maximum absolute atomic E-state index is 12.1. The van der Waals surface area contributed by atoms with Gasteiger partial charge in [-0.3, -0.25) is 9.89 Å². The number of hydrogen-bond donors (Lipinski definition) is 1. The van der Waals surface area contributed by atoms with E-state index < -0.39 is 0 Å². The standard InChI is InChI=1S/C10H14BrN3O2/c1-6-5-14(3-4-16-6)10(15)9-8(11)7(2)12-13-9/h6H,3-5H2,1-2H3,(H,12,13)/t6-/m1/s1. The number of nitrogens with one attached hydrogen (secondary N) is 1. The van der Waals surface area contributed by atoms with Gasteiger partial charge in [0.05, 0.1) is 17.2 Å². The van der Waals surface area contributed by atoms with E-state index in [0.717, 1.165) is 10.2 Å². The summed E-state index contributed by atoms with van der Waals surface area (Å²) in [5.41, 5.74) is 1.32. The van der Waals surface area contributed by atoms with Crippen molar-refractivity contribution in [2.75, 3.05) is 19.7 Å². The predicted octanol–water partition coefficient (Wildman–Crippen LogP) is 1.34. The van der Waals surface area contributed by atoms with E-state index in [2.05, 4.69) is 26.1 Å². The van der Waals surface area contributed by atoms with Crippen LogP contribution in [0.1, 0.15) is 23.1 Å². The third kappa shape index (κ3) is 2.12. The number of carbonyl (C=O) groups excluding carboxylic acids is 1. The summed E-state index contributed by atoms with van der Waals surface area (Å²) in [7, 11) is 0. The molecule has 0 unspecified atom stereocenters. The van der Waals surface area contributed by atoms with Crippen LogP contribution in [-0.4, -0.2) is 46.8 Å². The van der Waals surface area contributed by atoms with Gasteiger partial charge in [-0.2, -0.15) is 5.10 Å². The number of rotatable bonds is 1. The second-order valence-corrected chi connectivity index (χ2v) is 4.74. The van der Waals surface area contributed by atoms with E-state index in [1.807, 2.05) is 13.8 Å². The predicted molar refractivity (Wildman–Crippen MR) is 62.3 cm³/mol. The first-order valence-electron chi connectivity index (χ1n) is 5.21. The molecule has 6 heteroatoms. The molecule has 1 saturated heterocycles. The summed E-state index contributed by atoms with van der Waals surface area (Å²) >= 11 is 3.36. The number of morpholine rings is 1. The minimum atomic E-state index is -0.0497. The second-order valence-electron chi connectivity index (χ2n) is 3.94. The summed E-state index contributed by atoms with van der Waals surface area (Å²) < 4.78 is 6.14. The molecule has 0 aromatic carbocycles. The fourth-order valence-electron chi connectivity index (χ4n) is 1.71. The van der Waals surface area contributed by atoms with Crippen molar-refractivity contribution in [2.24, 2.45) is 0 Å². The Balaban J connectivity index is 2.15. The normalized spacial score (nSPS) is 21.2. The Morgan fingerprint density at radius 3 is 3.00 bits per heavy atom. The molecule has 1 aromatic heterocycles. The van der Waals surface area contributed by atoms with Crippen LogP contribution in [0.5, 0.6) is 0 Å². The summed E-state index contributed by atoms with van der Waals surface area (Å²) in [6.45, 7) is 5.67. The van der Waals surface area contributed by atoms with Gasteiger partial charge in [0.25, 0.3) is 5.91 Å². The van der Waals surface area contributed by atoms with Gasteiger partial charge in [-0.05, 0) is 29.8 Å². The monoisotopic (exact) mass is 287 g/mol. The quantitative estimate of drug-likeness (QED) is 0.848. The zero-order valence-corrected chi connectivity index (χ0v) is 10.9. The number of halogens is 1. The van der Waals surface area contributed by atoms with Gasteiger partial charge in [-0.25, -0.2) is 0 Å². The molecular weight excluding hydrogens is 274 g/mol. The average Bonchev–Trinajstić information content (AvgIpc) is 2.59. The molecule has 0 aliphatic carbocycles. The lowest BCUT2D eigenvalue weighted by Gasteiger charge is -2.30. The number of aromatic nitrogens is 2. The van der Waals surface area contributed by atoms with Crippen molar-refractivity contribution in [3.8, 4) is 0 Å². The number of nitrogens with zero attached hydrogens (tertiary/aromatic N) is 2. The molecule has 0 spiro atoms. The zero-order valence-electron chi connectivity index (χ0n) is 9.29. The lowest BCUT2D eigenvalue weighted by atomic mass is 10.2. The number of ether oxygens (including phenoxy) is 1. The second kappa shape index (κ2) is 4.55. The van der Waals surface area contributed by atoms with Crippen LogP contribution in [-0.2, 0) is 4.74 Å². The summed E-state index contributed by atoms with van der Waals surface area (Å²) in [6.07, 6.45) is 0.0940. The Hall–Kier alpha value is -0.880. The smallest absolute Gasteiger partial charge is 0.275 e. The van der Waals surface area contributed by atoms with E-state index in [9.17, 15) is 4.79 Å². The number of aryl methyl sites for hydroxylation is 1. The van der Waals surface area contributed by atoms with Crippen molar-refractivity contribution in [3.05, 3.63) is 15.9 Å². The van der Waals surface area contributed by atoms with E-state index in [1.165, 1.54) is 0 Å². The van der Waals surface area contributed by atoms with Crippen LogP contribution in [0.2, 0.25) is 0 Å². The van der Waals surface area contributed by atoms with E-state index in [4.69, 9.17) is 4.74 Å². The summed E-state index contributed by atoms with van der Waals surface area (Å²) in [4.78, 5) is 13.9. The van der Waals surface area contributed by atoms with E-state index in [0.29, 0.717) is 25.4 Å². The van der Waals surface area contributed by atoms with Gasteiger partial charge in [0.1, 0.15) is 0 Å². The largest absolute Gasteiger partial charge is 0.375 e. The van der Waals surface area contributed by atoms with E-state index in [1.54, 1.807) is 4.90 Å². The first-order valence-corrected chi connectivity index (χ1v) is 6.00. The van der Waals surface area contributed by atoms with Crippen LogP contribution in [0, 0.1) is 6.92 Å². The zero-order chi connectivity index (χ0) is 11.7. The number of amides is 1. The minimum Gasteiger partial charge on any atom is -0.375 e. The summed E-state index contributed by atoms with van der Waals surface area (Å²) in [5, 5.41) is 6.80. The van der Waals surface area contributed by atoms with Crippen LogP contribution in [0.4, 0.5) is 0 Å². The van der Waals surface area contributed by atoms with Crippen molar-refractivity contribution in [1.82, 2.24) is 15.1 Å². The highest BCUT2D eigenvalue weighted by Gasteiger charge is 2.26. The molecule has 1 aromatic rings. The van der Waals surface area contributed by atoms with Crippen molar-refractivity contribution in [3.63, 3.8) is 0 Å². The van der Waals surface area contributed by atoms with Gasteiger partial charge < -0.3 is 9.64 Å². The Bertz CT molecular complexity index is 405. The van der Waals surface area contributed by atoms with Crippen molar-refractivity contribution in [1.29, 1.82) is 0 Å². The van der Waals surface area contributed by atoms with Crippen LogP contribution >= 0.6 is 15.9 Å². The molecular formula is C10H14BrN3O2. The number of H-pyrrole nitrogens is 1. The molecule has 5 nitrogen and oxygen atoms in total. The summed E-state index contributed by atoms with van der Waals surface area (Å²) in [6, 6.07) is 0. The number of carbonyl (C=O) groups is 1. The Morgan fingerprint density at radius 2 is 2.44 bits per heavy atom. The Kier molecular flexibility index (Phi) is 3.30. The van der Waals surface area contributed by atoms with Crippen LogP contribution < -0.4 is 0 Å². The van der Waals surface area contributed by atoms with E-state index in [-0.39, 0.29) is 12.0 Å². The van der Waals surface area contributed by atoms with Crippen LogP contribution in [0.15, 0.2) is 4.47 Å². The van der Waals surface area contributed by atoms with Gasteiger partial charge in [0.15, 0.2) is 5.69 Å². The van der Waals surface area contributed by atoms with Crippen molar-refractivity contribution in [2.45, 2.75) is 20.0 Å². The lowest BCUT2D eigenvalue weighted by Crippen LogP contribution is -2.44. The molecule has 1 atom stereocenters. The van der Waals surface area contributed by atoms with Gasteiger partial charge in [-0.15, -0.1) is 0 Å². The van der Waals surface area contributed by atoms with Gasteiger partial charge in [0, 0.05) is 18.8 Å². The van der Waals surface area contributed by atoms with E-state index >= 15 is 0 Å². The Morgan fingerprint density at radius 1 is 1.69 bits per heavy atom. The molecule has 1 N–H and O–H groups in total. The van der Waals surface area contributed by atoms with Crippen molar-refractivity contribution >= 4 is 21.8 Å². The number of aromatic amines is 1. The highest BCUT2D eigenvalue weighted by Crippen LogP contribution is 2.20. The maximum Gasteiger partial charge on any atom is 0.275 e. The molecule has 2 heterocycles. The topological polar surface area (TPSA) is 58.2 Å². The molecule has 1 amide bonds. The first-order chi connectivity index (χ1) is 7.59. The molecule has 1 aliphatic heterocycles.